The quantitative estimate of drug-likeness (QED) is 0.282. The summed E-state index contributed by atoms with van der Waals surface area (Å²) in [6.07, 6.45) is 8.03. The lowest BCUT2D eigenvalue weighted by Crippen LogP contribution is -2.01. The third-order valence-corrected chi connectivity index (χ3v) is 6.26. The standard InChI is InChI=1S/C30H23N3/c1-3-12-22-24-18-19-25-23-15-8-9-16-27(23)32(21-13-6-5-7-14-21)29(25)30(24)33(26(22)4-2)28-17-10-11-20-31-28/h3-20H,2H2,1H3/b12-3-. The molecule has 0 saturated heterocycles. The van der Waals surface area contributed by atoms with E-state index in [2.05, 4.69) is 108 Å². The van der Waals surface area contributed by atoms with Crippen LogP contribution < -0.4 is 0 Å². The fraction of sp³-hybridized carbons (Fsp3) is 0.0333. The smallest absolute Gasteiger partial charge is 0.137 e. The number of pyridine rings is 1. The lowest BCUT2D eigenvalue weighted by molar-refractivity contribution is 1.03. The molecule has 3 heterocycles. The number of benzene rings is 3. The molecule has 0 spiro atoms. The number of aromatic nitrogens is 3. The third kappa shape index (κ3) is 2.79. The molecule has 3 nitrogen and oxygen atoms in total. The molecule has 0 fully saturated rings. The Labute approximate surface area is 192 Å². The molecular weight excluding hydrogens is 402 g/mol. The van der Waals surface area contributed by atoms with E-state index in [1.807, 2.05) is 24.4 Å². The van der Waals surface area contributed by atoms with Gasteiger partial charge in [-0.1, -0.05) is 73.3 Å². The lowest BCUT2D eigenvalue weighted by atomic mass is 10.1. The number of rotatable bonds is 4. The van der Waals surface area contributed by atoms with Crippen LogP contribution in [0.4, 0.5) is 0 Å². The molecule has 0 aliphatic rings. The Kier molecular flexibility index (Phi) is 4.48. The number of allylic oxidation sites excluding steroid dienone is 1. The highest BCUT2D eigenvalue weighted by molar-refractivity contribution is 6.19. The Bertz CT molecular complexity index is 1670. The van der Waals surface area contributed by atoms with Crippen molar-refractivity contribution in [2.24, 2.45) is 0 Å². The van der Waals surface area contributed by atoms with Gasteiger partial charge in [0, 0.05) is 33.6 Å². The average Bonchev–Trinajstić information content (AvgIpc) is 3.38. The first kappa shape index (κ1) is 19.3. The molecule has 0 amide bonds. The van der Waals surface area contributed by atoms with E-state index in [-0.39, 0.29) is 0 Å². The predicted molar refractivity (Wildman–Crippen MR) is 140 cm³/mol. The normalized spacial score (nSPS) is 11.8. The number of hydrogen-bond donors (Lipinski definition) is 0. The predicted octanol–water partition coefficient (Wildman–Crippen LogP) is 7.80. The van der Waals surface area contributed by atoms with Crippen molar-refractivity contribution in [1.82, 2.24) is 14.1 Å². The Hall–Kier alpha value is -4.37. The molecule has 6 rings (SSSR count). The Morgan fingerprint density at radius 2 is 1.45 bits per heavy atom. The van der Waals surface area contributed by atoms with Gasteiger partial charge in [0.05, 0.1) is 22.2 Å². The van der Waals surface area contributed by atoms with Gasteiger partial charge in [0.25, 0.3) is 0 Å². The molecule has 3 aromatic heterocycles. The highest BCUT2D eigenvalue weighted by Crippen LogP contribution is 2.41. The lowest BCUT2D eigenvalue weighted by Gasteiger charge is -2.12. The van der Waals surface area contributed by atoms with E-state index in [9.17, 15) is 0 Å². The molecule has 0 aliphatic heterocycles. The zero-order valence-electron chi connectivity index (χ0n) is 18.4. The van der Waals surface area contributed by atoms with Crippen molar-refractivity contribution < 1.29 is 0 Å². The van der Waals surface area contributed by atoms with Crippen molar-refractivity contribution in [2.75, 3.05) is 0 Å². The van der Waals surface area contributed by atoms with E-state index < -0.39 is 0 Å². The van der Waals surface area contributed by atoms with Gasteiger partial charge in [-0.05, 0) is 43.3 Å². The zero-order chi connectivity index (χ0) is 22.4. The topological polar surface area (TPSA) is 22.8 Å². The minimum atomic E-state index is 0.880. The van der Waals surface area contributed by atoms with E-state index >= 15 is 0 Å². The van der Waals surface area contributed by atoms with E-state index in [0.717, 1.165) is 28.3 Å². The number of nitrogens with zero attached hydrogens (tertiary/aromatic N) is 3. The Balaban J connectivity index is 1.93. The molecule has 0 atom stereocenters. The van der Waals surface area contributed by atoms with Crippen molar-refractivity contribution in [2.45, 2.75) is 6.92 Å². The molecule has 33 heavy (non-hydrogen) atoms. The van der Waals surface area contributed by atoms with Gasteiger partial charge in [0.15, 0.2) is 0 Å². The van der Waals surface area contributed by atoms with Crippen LogP contribution >= 0.6 is 0 Å². The monoisotopic (exact) mass is 425 g/mol. The summed E-state index contributed by atoms with van der Waals surface area (Å²) in [6.45, 7) is 6.22. The molecular formula is C30H23N3. The van der Waals surface area contributed by atoms with Crippen LogP contribution in [-0.4, -0.2) is 14.1 Å². The van der Waals surface area contributed by atoms with Crippen LogP contribution in [0.2, 0.25) is 0 Å². The summed E-state index contributed by atoms with van der Waals surface area (Å²) < 4.78 is 4.62. The van der Waals surface area contributed by atoms with Gasteiger partial charge in [-0.2, -0.15) is 0 Å². The number of para-hydroxylation sites is 2. The molecule has 0 N–H and O–H groups in total. The van der Waals surface area contributed by atoms with Gasteiger partial charge in [-0.25, -0.2) is 4.98 Å². The van der Waals surface area contributed by atoms with Gasteiger partial charge in [0.2, 0.25) is 0 Å². The molecule has 0 unspecified atom stereocenters. The Morgan fingerprint density at radius 1 is 0.727 bits per heavy atom. The molecule has 158 valence electrons. The van der Waals surface area contributed by atoms with Crippen LogP contribution in [-0.2, 0) is 0 Å². The maximum atomic E-state index is 4.73. The van der Waals surface area contributed by atoms with Crippen LogP contribution in [0, 0.1) is 0 Å². The van der Waals surface area contributed by atoms with Crippen LogP contribution in [0.5, 0.6) is 0 Å². The molecule has 0 bridgehead atoms. The second-order valence-corrected chi connectivity index (χ2v) is 8.07. The summed E-state index contributed by atoms with van der Waals surface area (Å²) in [5.41, 5.74) is 6.82. The van der Waals surface area contributed by atoms with Crippen molar-refractivity contribution in [1.29, 1.82) is 0 Å². The summed E-state index contributed by atoms with van der Waals surface area (Å²) in [4.78, 5) is 4.73. The summed E-state index contributed by atoms with van der Waals surface area (Å²) in [7, 11) is 0. The first-order valence-electron chi connectivity index (χ1n) is 11.2. The van der Waals surface area contributed by atoms with E-state index in [1.54, 1.807) is 0 Å². The molecule has 3 heteroatoms. The minimum absolute atomic E-state index is 0.880. The van der Waals surface area contributed by atoms with Crippen molar-refractivity contribution in [3.63, 3.8) is 0 Å². The fourth-order valence-electron chi connectivity index (χ4n) is 4.98. The first-order valence-corrected chi connectivity index (χ1v) is 11.2. The average molecular weight is 426 g/mol. The summed E-state index contributed by atoms with van der Waals surface area (Å²) >= 11 is 0. The Morgan fingerprint density at radius 3 is 2.21 bits per heavy atom. The van der Waals surface area contributed by atoms with Gasteiger partial charge in [0.1, 0.15) is 5.82 Å². The first-order chi connectivity index (χ1) is 16.3. The summed E-state index contributed by atoms with van der Waals surface area (Å²) in [6, 6.07) is 29.7. The summed E-state index contributed by atoms with van der Waals surface area (Å²) in [5, 5.41) is 3.64. The van der Waals surface area contributed by atoms with Crippen molar-refractivity contribution in [3.8, 4) is 11.5 Å². The van der Waals surface area contributed by atoms with Crippen LogP contribution in [0.1, 0.15) is 18.2 Å². The zero-order valence-corrected chi connectivity index (χ0v) is 18.4. The largest absolute Gasteiger partial charge is 0.307 e. The van der Waals surface area contributed by atoms with Gasteiger partial charge < -0.3 is 4.57 Å². The molecule has 3 aromatic carbocycles. The maximum absolute atomic E-state index is 4.73. The number of fused-ring (bicyclic) bond motifs is 5. The van der Waals surface area contributed by atoms with Crippen LogP contribution in [0.3, 0.4) is 0 Å². The van der Waals surface area contributed by atoms with Gasteiger partial charge in [-0.3, -0.25) is 4.57 Å². The summed E-state index contributed by atoms with van der Waals surface area (Å²) in [5.74, 6) is 0.880. The van der Waals surface area contributed by atoms with Gasteiger partial charge >= 0.3 is 0 Å². The van der Waals surface area contributed by atoms with Crippen LogP contribution in [0.25, 0.3) is 56.4 Å². The minimum Gasteiger partial charge on any atom is -0.307 e. The van der Waals surface area contributed by atoms with E-state index in [0.29, 0.717) is 0 Å². The maximum Gasteiger partial charge on any atom is 0.137 e. The fourth-order valence-corrected chi connectivity index (χ4v) is 4.98. The number of hydrogen-bond acceptors (Lipinski definition) is 1. The molecule has 0 radical (unpaired) electrons. The van der Waals surface area contributed by atoms with E-state index in [4.69, 9.17) is 4.98 Å². The highest BCUT2D eigenvalue weighted by atomic mass is 15.1. The molecule has 6 aromatic rings. The van der Waals surface area contributed by atoms with Crippen molar-refractivity contribution >= 4 is 44.9 Å². The molecule has 0 saturated carbocycles. The van der Waals surface area contributed by atoms with Crippen molar-refractivity contribution in [3.05, 3.63) is 115 Å². The third-order valence-electron chi connectivity index (χ3n) is 6.26. The molecule has 0 aliphatic carbocycles. The van der Waals surface area contributed by atoms with Crippen LogP contribution in [0.15, 0.2) is 104 Å². The second kappa shape index (κ2) is 7.64. The second-order valence-electron chi connectivity index (χ2n) is 8.07. The highest BCUT2D eigenvalue weighted by Gasteiger charge is 2.22. The van der Waals surface area contributed by atoms with Gasteiger partial charge in [-0.15, -0.1) is 0 Å². The van der Waals surface area contributed by atoms with E-state index in [1.165, 1.54) is 27.2 Å². The SMILES string of the molecule is C=Cc1c(/C=C\C)c2ccc3c4ccccc4n(-c4ccccc4)c3c2n1-c1ccccn1.